The van der Waals surface area contributed by atoms with E-state index in [0.29, 0.717) is 24.3 Å². The Balaban J connectivity index is 1.57. The molecule has 0 bridgehead atoms. The minimum atomic E-state index is -0.144. The van der Waals surface area contributed by atoms with E-state index in [2.05, 4.69) is 15.2 Å². The summed E-state index contributed by atoms with van der Waals surface area (Å²) in [7, 11) is 0. The number of anilines is 1. The highest BCUT2D eigenvalue weighted by Crippen LogP contribution is 2.15. The van der Waals surface area contributed by atoms with Crippen molar-refractivity contribution in [2.45, 2.75) is 13.5 Å². The molecule has 130 valence electrons. The summed E-state index contributed by atoms with van der Waals surface area (Å²) in [6, 6.07) is 11.1. The first-order valence-corrected chi connectivity index (χ1v) is 8.40. The Labute approximate surface area is 147 Å². The van der Waals surface area contributed by atoms with Gasteiger partial charge in [0.1, 0.15) is 0 Å². The molecule has 2 heterocycles. The molecule has 2 amide bonds. The summed E-state index contributed by atoms with van der Waals surface area (Å²) in [5, 5.41) is 2.71. The van der Waals surface area contributed by atoms with Crippen molar-refractivity contribution in [3.05, 3.63) is 59.9 Å². The van der Waals surface area contributed by atoms with Gasteiger partial charge in [-0.05, 0) is 35.9 Å². The Bertz CT molecular complexity index is 740. The van der Waals surface area contributed by atoms with E-state index >= 15 is 0 Å². The maximum absolute atomic E-state index is 12.7. The first-order valence-electron chi connectivity index (χ1n) is 8.40. The minimum absolute atomic E-state index is 0.00997. The number of hydrogen-bond donors (Lipinski definition) is 1. The number of nitrogens with zero attached hydrogens (tertiary/aromatic N) is 3. The predicted octanol–water partition coefficient (Wildman–Crippen LogP) is 2.00. The van der Waals surface area contributed by atoms with Crippen LogP contribution in [0.5, 0.6) is 0 Å². The standard InChI is InChI=1S/C19H22N4O2/c1-15(24)21-18-4-2-3-17(13-18)19(25)23-11-9-22(10-12-23)14-16-5-7-20-8-6-16/h2-8,13H,9-12,14H2,1H3,(H,21,24). The van der Waals surface area contributed by atoms with Gasteiger partial charge in [-0.2, -0.15) is 0 Å². The zero-order valence-electron chi connectivity index (χ0n) is 14.3. The van der Waals surface area contributed by atoms with E-state index in [1.807, 2.05) is 17.0 Å². The van der Waals surface area contributed by atoms with Crippen LogP contribution in [0.15, 0.2) is 48.8 Å². The number of carbonyl (C=O) groups excluding carboxylic acids is 2. The number of hydrogen-bond acceptors (Lipinski definition) is 4. The summed E-state index contributed by atoms with van der Waals surface area (Å²) >= 11 is 0. The molecule has 6 nitrogen and oxygen atoms in total. The van der Waals surface area contributed by atoms with Crippen LogP contribution in [0.25, 0.3) is 0 Å². The molecule has 25 heavy (non-hydrogen) atoms. The Hall–Kier alpha value is -2.73. The van der Waals surface area contributed by atoms with Crippen LogP contribution >= 0.6 is 0 Å². The van der Waals surface area contributed by atoms with Crippen molar-refractivity contribution < 1.29 is 9.59 Å². The monoisotopic (exact) mass is 338 g/mol. The van der Waals surface area contributed by atoms with E-state index in [1.54, 1.807) is 36.7 Å². The summed E-state index contributed by atoms with van der Waals surface area (Å²) in [4.78, 5) is 32.1. The SMILES string of the molecule is CC(=O)Nc1cccc(C(=O)N2CCN(Cc3ccncc3)CC2)c1. The molecule has 0 saturated carbocycles. The second kappa shape index (κ2) is 7.90. The Kier molecular flexibility index (Phi) is 5.40. The first-order chi connectivity index (χ1) is 12.1. The van der Waals surface area contributed by atoms with Crippen molar-refractivity contribution in [2.75, 3.05) is 31.5 Å². The first kappa shape index (κ1) is 17.1. The molecule has 3 rings (SSSR count). The Morgan fingerprint density at radius 2 is 1.80 bits per heavy atom. The highest BCUT2D eigenvalue weighted by atomic mass is 16.2. The second-order valence-electron chi connectivity index (χ2n) is 6.19. The van der Waals surface area contributed by atoms with Crippen molar-refractivity contribution in [1.29, 1.82) is 0 Å². The zero-order valence-corrected chi connectivity index (χ0v) is 14.3. The van der Waals surface area contributed by atoms with Gasteiger partial charge in [-0.1, -0.05) is 6.07 Å². The van der Waals surface area contributed by atoms with Crippen LogP contribution in [0, 0.1) is 0 Å². The number of benzene rings is 1. The number of piperazine rings is 1. The van der Waals surface area contributed by atoms with E-state index in [0.717, 1.165) is 19.6 Å². The zero-order chi connectivity index (χ0) is 17.6. The van der Waals surface area contributed by atoms with Crippen LogP contribution in [-0.2, 0) is 11.3 Å². The summed E-state index contributed by atoms with van der Waals surface area (Å²) in [6.07, 6.45) is 3.61. The van der Waals surface area contributed by atoms with Crippen LogP contribution in [0.3, 0.4) is 0 Å². The molecular formula is C19H22N4O2. The number of pyridine rings is 1. The fourth-order valence-corrected chi connectivity index (χ4v) is 2.97. The van der Waals surface area contributed by atoms with Gasteiger partial charge in [-0.3, -0.25) is 19.5 Å². The molecule has 1 aliphatic rings. The molecule has 2 aromatic rings. The fraction of sp³-hybridized carbons (Fsp3) is 0.316. The molecule has 6 heteroatoms. The van der Waals surface area contributed by atoms with Gasteiger partial charge in [0, 0.05) is 63.3 Å². The van der Waals surface area contributed by atoms with Crippen molar-refractivity contribution >= 4 is 17.5 Å². The van der Waals surface area contributed by atoms with E-state index in [9.17, 15) is 9.59 Å². The topological polar surface area (TPSA) is 65.5 Å². The molecule has 1 saturated heterocycles. The third kappa shape index (κ3) is 4.64. The summed E-state index contributed by atoms with van der Waals surface area (Å²) < 4.78 is 0. The third-order valence-electron chi connectivity index (χ3n) is 4.24. The maximum Gasteiger partial charge on any atom is 0.254 e. The van der Waals surface area contributed by atoms with Crippen molar-refractivity contribution in [2.24, 2.45) is 0 Å². The molecule has 1 N–H and O–H groups in total. The fourth-order valence-electron chi connectivity index (χ4n) is 2.97. The van der Waals surface area contributed by atoms with Gasteiger partial charge in [0.2, 0.25) is 5.91 Å². The maximum atomic E-state index is 12.7. The molecule has 1 fully saturated rings. The summed E-state index contributed by atoms with van der Waals surface area (Å²) in [6.45, 7) is 5.43. The van der Waals surface area contributed by atoms with Gasteiger partial charge in [-0.15, -0.1) is 0 Å². The normalized spacial score (nSPS) is 15.0. The molecule has 1 aromatic carbocycles. The molecule has 0 atom stereocenters. The van der Waals surface area contributed by atoms with E-state index in [-0.39, 0.29) is 11.8 Å². The van der Waals surface area contributed by atoms with Gasteiger partial charge < -0.3 is 10.2 Å². The quantitative estimate of drug-likeness (QED) is 0.926. The van der Waals surface area contributed by atoms with Crippen LogP contribution in [-0.4, -0.2) is 52.8 Å². The summed E-state index contributed by atoms with van der Waals surface area (Å²) in [5.41, 5.74) is 2.49. The Morgan fingerprint density at radius 1 is 1.08 bits per heavy atom. The van der Waals surface area contributed by atoms with Gasteiger partial charge in [0.15, 0.2) is 0 Å². The lowest BCUT2D eigenvalue weighted by atomic mass is 10.1. The van der Waals surface area contributed by atoms with Crippen LogP contribution < -0.4 is 5.32 Å². The lowest BCUT2D eigenvalue weighted by Crippen LogP contribution is -2.48. The number of carbonyl (C=O) groups is 2. The molecule has 0 spiro atoms. The average Bonchev–Trinajstić information content (AvgIpc) is 2.62. The van der Waals surface area contributed by atoms with Crippen molar-refractivity contribution in [3.63, 3.8) is 0 Å². The van der Waals surface area contributed by atoms with Crippen LogP contribution in [0.2, 0.25) is 0 Å². The molecule has 0 unspecified atom stereocenters. The van der Waals surface area contributed by atoms with Crippen LogP contribution in [0.4, 0.5) is 5.69 Å². The lowest BCUT2D eigenvalue weighted by molar-refractivity contribution is -0.114. The van der Waals surface area contributed by atoms with Gasteiger partial charge in [0.05, 0.1) is 0 Å². The molecule has 0 radical (unpaired) electrons. The van der Waals surface area contributed by atoms with Crippen molar-refractivity contribution in [1.82, 2.24) is 14.8 Å². The largest absolute Gasteiger partial charge is 0.336 e. The lowest BCUT2D eigenvalue weighted by Gasteiger charge is -2.34. The molecule has 1 aromatic heterocycles. The van der Waals surface area contributed by atoms with Crippen molar-refractivity contribution in [3.8, 4) is 0 Å². The van der Waals surface area contributed by atoms with E-state index in [4.69, 9.17) is 0 Å². The molecule has 1 aliphatic heterocycles. The van der Waals surface area contributed by atoms with Crippen LogP contribution in [0.1, 0.15) is 22.8 Å². The number of aromatic nitrogens is 1. The number of rotatable bonds is 4. The molecular weight excluding hydrogens is 316 g/mol. The van der Waals surface area contributed by atoms with Gasteiger partial charge >= 0.3 is 0 Å². The highest BCUT2D eigenvalue weighted by molar-refractivity contribution is 5.96. The smallest absolute Gasteiger partial charge is 0.254 e. The molecule has 0 aliphatic carbocycles. The third-order valence-corrected chi connectivity index (χ3v) is 4.24. The summed E-state index contributed by atoms with van der Waals surface area (Å²) in [5.74, 6) is -0.134. The predicted molar refractivity (Wildman–Crippen MR) is 96.2 cm³/mol. The van der Waals surface area contributed by atoms with Gasteiger partial charge in [-0.25, -0.2) is 0 Å². The second-order valence-corrected chi connectivity index (χ2v) is 6.19. The number of nitrogens with one attached hydrogen (secondary N) is 1. The number of amides is 2. The minimum Gasteiger partial charge on any atom is -0.336 e. The van der Waals surface area contributed by atoms with Gasteiger partial charge in [0.25, 0.3) is 5.91 Å². The van der Waals surface area contributed by atoms with E-state index in [1.165, 1.54) is 12.5 Å². The highest BCUT2D eigenvalue weighted by Gasteiger charge is 2.22. The van der Waals surface area contributed by atoms with E-state index < -0.39 is 0 Å². The average molecular weight is 338 g/mol. The Morgan fingerprint density at radius 3 is 2.48 bits per heavy atom.